The van der Waals surface area contributed by atoms with Crippen molar-refractivity contribution >= 4 is 0 Å². The van der Waals surface area contributed by atoms with Crippen LogP contribution in [0.1, 0.15) is 23.9 Å². The number of hydrogen-bond acceptors (Lipinski definition) is 0. The molecule has 0 aliphatic carbocycles. The second kappa shape index (κ2) is 2.89. The van der Waals surface area contributed by atoms with Crippen molar-refractivity contribution in [2.24, 2.45) is 0 Å². The minimum atomic E-state index is 0.857. The van der Waals surface area contributed by atoms with Gasteiger partial charge >= 0.3 is 67.0 Å². The van der Waals surface area contributed by atoms with Crippen LogP contribution in [0, 0.1) is 32.1 Å². The number of aryl methyl sites for hydroxylation is 2. The molecule has 0 aromatic carbocycles. The molecule has 0 saturated heterocycles. The molecule has 1 rings (SSSR count). The Kier molecular flexibility index (Phi) is 2.11. The maximum atomic E-state index is 6.95. The van der Waals surface area contributed by atoms with Crippen LogP contribution in [0.2, 0.25) is 0 Å². The molecule has 0 spiro atoms. The summed E-state index contributed by atoms with van der Waals surface area (Å²) in [5.74, 6) is 3.23. The van der Waals surface area contributed by atoms with E-state index in [-0.39, 0.29) is 0 Å². The Morgan fingerprint density at radius 3 is 2.55 bits per heavy atom. The molecule has 1 heteroatoms. The summed E-state index contributed by atoms with van der Waals surface area (Å²) in [7, 11) is 0. The third-order valence-corrected chi connectivity index (χ3v) is 1.71. The Hall–Kier alpha value is -1.07. The number of H-pyrrole nitrogens is 1. The standard InChI is InChI=1S/C10H11N/c1-5-7(2)10-8(3)6-9(4)11-10/h6,11H,2-4H3. The molecule has 0 amide bonds. The maximum absolute atomic E-state index is 6.95. The topological polar surface area (TPSA) is 15.8 Å². The van der Waals surface area contributed by atoms with Gasteiger partial charge in [0.2, 0.25) is 0 Å². The van der Waals surface area contributed by atoms with Gasteiger partial charge in [-0.3, -0.25) is 0 Å². The van der Waals surface area contributed by atoms with Crippen LogP contribution in [-0.4, -0.2) is 4.98 Å². The van der Waals surface area contributed by atoms with E-state index in [1.54, 1.807) is 0 Å². The van der Waals surface area contributed by atoms with Gasteiger partial charge in [-0.25, -0.2) is 0 Å². The Morgan fingerprint density at radius 1 is 1.55 bits per heavy atom. The molecule has 0 fully saturated rings. The number of aromatic amines is 1. The van der Waals surface area contributed by atoms with Gasteiger partial charge < -0.3 is 0 Å². The van der Waals surface area contributed by atoms with Crippen molar-refractivity contribution in [3.05, 3.63) is 35.4 Å². The molecular formula is C10H11N. The van der Waals surface area contributed by atoms with E-state index in [9.17, 15) is 0 Å². The first-order valence-electron chi connectivity index (χ1n) is 3.58. The van der Waals surface area contributed by atoms with Gasteiger partial charge in [0.15, 0.2) is 0 Å². The fourth-order valence-electron chi connectivity index (χ4n) is 1.18. The van der Waals surface area contributed by atoms with Crippen LogP contribution in [0.25, 0.3) is 0 Å². The number of aromatic nitrogens is 1. The molecule has 1 N–H and O–H groups in total. The van der Waals surface area contributed by atoms with E-state index in [1.165, 1.54) is 5.56 Å². The van der Waals surface area contributed by atoms with Crippen LogP contribution in [-0.2, 0) is 0 Å². The zero-order valence-electron chi connectivity index (χ0n) is 7.08. The van der Waals surface area contributed by atoms with Gasteiger partial charge in [0, 0.05) is 0 Å². The Balaban J connectivity index is 3.05. The molecule has 1 aromatic heterocycles. The van der Waals surface area contributed by atoms with Crippen molar-refractivity contribution < 1.29 is 0 Å². The summed E-state index contributed by atoms with van der Waals surface area (Å²) in [6.45, 7) is 5.92. The van der Waals surface area contributed by atoms with Gasteiger partial charge in [0.05, 0.1) is 0 Å². The predicted molar refractivity (Wildman–Crippen MR) is 45.4 cm³/mol. The van der Waals surface area contributed by atoms with Gasteiger partial charge in [-0.2, -0.15) is 0 Å². The first-order valence-corrected chi connectivity index (χ1v) is 3.58. The zero-order chi connectivity index (χ0) is 8.43. The third-order valence-electron chi connectivity index (χ3n) is 1.71. The molecule has 0 aliphatic rings. The van der Waals surface area contributed by atoms with Gasteiger partial charge in [-0.15, -0.1) is 0 Å². The normalized spacial score (nSPS) is 9.55. The zero-order valence-corrected chi connectivity index (χ0v) is 7.08. The average molecular weight is 145 g/mol. The summed E-state index contributed by atoms with van der Waals surface area (Å²) in [4.78, 5) is 3.18. The summed E-state index contributed by atoms with van der Waals surface area (Å²) in [6, 6.07) is 2.07. The molecule has 0 saturated carbocycles. The Morgan fingerprint density at radius 2 is 2.18 bits per heavy atom. The number of hydrogen-bond donors (Lipinski definition) is 1. The predicted octanol–water partition coefficient (Wildman–Crippen LogP) is 2.16. The van der Waals surface area contributed by atoms with Gasteiger partial charge in [0.25, 0.3) is 0 Å². The molecular weight excluding hydrogens is 134 g/mol. The van der Waals surface area contributed by atoms with Crippen LogP contribution in [0.5, 0.6) is 0 Å². The van der Waals surface area contributed by atoms with E-state index < -0.39 is 0 Å². The summed E-state index contributed by atoms with van der Waals surface area (Å²) >= 11 is 0. The first kappa shape index (κ1) is 8.03. The molecule has 1 nitrogen and oxygen atoms in total. The van der Waals surface area contributed by atoms with E-state index in [4.69, 9.17) is 6.42 Å². The van der Waals surface area contributed by atoms with Crippen LogP contribution in [0.15, 0.2) is 6.07 Å². The Bertz CT molecular complexity index is 288. The van der Waals surface area contributed by atoms with Crippen LogP contribution >= 0.6 is 0 Å². The van der Waals surface area contributed by atoms with E-state index in [2.05, 4.69) is 17.0 Å². The molecule has 0 atom stereocenters. The van der Waals surface area contributed by atoms with Crippen molar-refractivity contribution in [2.75, 3.05) is 0 Å². The third kappa shape index (κ3) is 1.50. The molecule has 0 bridgehead atoms. The first-order chi connectivity index (χ1) is 5.15. The average Bonchev–Trinajstić information content (AvgIpc) is 2.28. The minimum absolute atomic E-state index is 0.857. The van der Waals surface area contributed by atoms with Crippen LogP contribution in [0.4, 0.5) is 0 Å². The molecule has 0 unspecified atom stereocenters. The van der Waals surface area contributed by atoms with E-state index in [0.29, 0.717) is 0 Å². The fourth-order valence-corrected chi connectivity index (χ4v) is 1.18. The quantitative estimate of drug-likeness (QED) is 0.460. The monoisotopic (exact) mass is 145 g/mol. The second-order valence-electron chi connectivity index (χ2n) is 2.76. The van der Waals surface area contributed by atoms with E-state index in [1.807, 2.05) is 20.8 Å². The second-order valence-corrected chi connectivity index (χ2v) is 2.76. The molecule has 0 radical (unpaired) electrons. The van der Waals surface area contributed by atoms with Crippen molar-refractivity contribution in [3.63, 3.8) is 0 Å². The van der Waals surface area contributed by atoms with Crippen molar-refractivity contribution in [2.45, 2.75) is 20.8 Å². The number of nitrogens with one attached hydrogen (secondary N) is 1. The molecule has 1 aromatic rings. The Labute approximate surface area is 67.8 Å². The number of rotatable bonds is 1. The molecule has 0 aliphatic heterocycles. The summed E-state index contributed by atoms with van der Waals surface area (Å²) in [5.41, 5.74) is 3.34. The summed E-state index contributed by atoms with van der Waals surface area (Å²) in [6.07, 6.45) is 6.95. The van der Waals surface area contributed by atoms with Crippen molar-refractivity contribution in [1.82, 2.24) is 4.98 Å². The summed E-state index contributed by atoms with van der Waals surface area (Å²) < 4.78 is 0. The van der Waals surface area contributed by atoms with Gasteiger partial charge in [-0.1, -0.05) is 0 Å². The van der Waals surface area contributed by atoms with Gasteiger partial charge in [0.1, 0.15) is 0 Å². The van der Waals surface area contributed by atoms with Crippen LogP contribution in [0.3, 0.4) is 0 Å². The molecule has 11 heavy (non-hydrogen) atoms. The van der Waals surface area contributed by atoms with Crippen molar-refractivity contribution in [1.29, 1.82) is 0 Å². The van der Waals surface area contributed by atoms with E-state index in [0.717, 1.165) is 17.3 Å². The van der Waals surface area contributed by atoms with Crippen LogP contribution < -0.4 is 0 Å². The summed E-state index contributed by atoms with van der Waals surface area (Å²) in [5, 5.41) is 0. The molecule has 1 heterocycles. The SMILES string of the molecule is [C+]#C[C-](C)c1[nH]c(C)cc1C. The van der Waals surface area contributed by atoms with Gasteiger partial charge in [-0.05, 0) is 0 Å². The fraction of sp³-hybridized carbons (Fsp3) is 0.300. The molecule has 56 valence electrons. The van der Waals surface area contributed by atoms with Crippen molar-refractivity contribution in [3.8, 4) is 5.92 Å². The van der Waals surface area contributed by atoms with E-state index >= 15 is 0 Å².